The first-order chi connectivity index (χ1) is 9.30. The number of halogens is 1. The third-order valence-electron chi connectivity index (χ3n) is 2.50. The molecule has 4 heteroatoms. The number of carbonyl (C=O) groups excluding carboxylic acids is 1. The van der Waals surface area contributed by atoms with Crippen LogP contribution in [0.2, 0.25) is 0 Å². The van der Waals surface area contributed by atoms with Gasteiger partial charge < -0.3 is 4.74 Å². The Morgan fingerprint density at radius 1 is 1.30 bits per heavy atom. The first-order valence-electron chi connectivity index (χ1n) is 6.81. The standard InChI is InChI=1S/C16H24FNO2/c1-6-12-18(15(19)20-16(3,4)5)13-10-8-9-11-14(17)7-2/h1-2,14H,8-13H2,3-5H3. The van der Waals surface area contributed by atoms with Crippen LogP contribution in [0.3, 0.4) is 0 Å². The maximum atomic E-state index is 12.8. The predicted molar refractivity (Wildman–Crippen MR) is 78.8 cm³/mol. The third kappa shape index (κ3) is 9.28. The van der Waals surface area contributed by atoms with Crippen molar-refractivity contribution < 1.29 is 13.9 Å². The molecule has 0 fully saturated rings. The number of carbonyl (C=O) groups is 1. The van der Waals surface area contributed by atoms with Crippen LogP contribution in [0, 0.1) is 24.7 Å². The van der Waals surface area contributed by atoms with Crippen molar-refractivity contribution in [2.45, 2.75) is 58.2 Å². The number of amides is 1. The summed E-state index contributed by atoms with van der Waals surface area (Å²) < 4.78 is 18.1. The highest BCUT2D eigenvalue weighted by Crippen LogP contribution is 2.11. The van der Waals surface area contributed by atoms with Crippen molar-refractivity contribution in [2.24, 2.45) is 0 Å². The van der Waals surface area contributed by atoms with E-state index >= 15 is 0 Å². The minimum atomic E-state index is -1.18. The molecule has 0 aliphatic carbocycles. The first kappa shape index (κ1) is 18.3. The van der Waals surface area contributed by atoms with Gasteiger partial charge in [0.05, 0.1) is 6.54 Å². The van der Waals surface area contributed by atoms with Crippen LogP contribution in [0.5, 0.6) is 0 Å². The molecule has 0 aromatic heterocycles. The molecule has 0 rings (SSSR count). The minimum absolute atomic E-state index is 0.213. The van der Waals surface area contributed by atoms with Gasteiger partial charge in [0.2, 0.25) is 0 Å². The summed E-state index contributed by atoms with van der Waals surface area (Å²) in [5.41, 5.74) is -0.543. The minimum Gasteiger partial charge on any atom is -0.444 e. The van der Waals surface area contributed by atoms with E-state index in [1.807, 2.05) is 0 Å². The molecule has 0 saturated carbocycles. The molecule has 20 heavy (non-hydrogen) atoms. The van der Waals surface area contributed by atoms with E-state index in [0.717, 1.165) is 12.8 Å². The third-order valence-corrected chi connectivity index (χ3v) is 2.50. The normalized spacial score (nSPS) is 12.1. The summed E-state index contributed by atoms with van der Waals surface area (Å²) in [5, 5.41) is 0. The monoisotopic (exact) mass is 281 g/mol. The molecule has 0 saturated heterocycles. The van der Waals surface area contributed by atoms with E-state index in [4.69, 9.17) is 17.6 Å². The number of nitrogens with zero attached hydrogens (tertiary/aromatic N) is 1. The number of rotatable bonds is 7. The Hall–Kier alpha value is -1.68. The lowest BCUT2D eigenvalue weighted by Gasteiger charge is -2.26. The second-order valence-electron chi connectivity index (χ2n) is 5.59. The van der Waals surface area contributed by atoms with Crippen molar-refractivity contribution in [1.29, 1.82) is 0 Å². The second kappa shape index (κ2) is 9.26. The molecular formula is C16H24FNO2. The summed E-state index contributed by atoms with van der Waals surface area (Å²) in [5.74, 6) is 4.49. The van der Waals surface area contributed by atoms with Crippen molar-refractivity contribution in [1.82, 2.24) is 4.90 Å². The Morgan fingerprint density at radius 2 is 1.95 bits per heavy atom. The second-order valence-corrected chi connectivity index (χ2v) is 5.59. The fourth-order valence-electron chi connectivity index (χ4n) is 1.56. The molecule has 0 bridgehead atoms. The molecule has 3 nitrogen and oxygen atoms in total. The molecule has 0 heterocycles. The number of hydrogen-bond acceptors (Lipinski definition) is 2. The van der Waals surface area contributed by atoms with Crippen molar-refractivity contribution >= 4 is 6.09 Å². The van der Waals surface area contributed by atoms with Gasteiger partial charge in [0.1, 0.15) is 5.60 Å². The van der Waals surface area contributed by atoms with Crippen LogP contribution < -0.4 is 0 Å². The van der Waals surface area contributed by atoms with Gasteiger partial charge in [-0.05, 0) is 40.0 Å². The quantitative estimate of drug-likeness (QED) is 0.529. The maximum Gasteiger partial charge on any atom is 0.411 e. The van der Waals surface area contributed by atoms with Gasteiger partial charge in [0.15, 0.2) is 6.17 Å². The Morgan fingerprint density at radius 3 is 2.45 bits per heavy atom. The van der Waals surface area contributed by atoms with E-state index in [9.17, 15) is 9.18 Å². The fourth-order valence-corrected chi connectivity index (χ4v) is 1.56. The Bertz CT molecular complexity index is 373. The molecule has 1 atom stereocenters. The van der Waals surface area contributed by atoms with Gasteiger partial charge in [-0.25, -0.2) is 9.18 Å². The van der Waals surface area contributed by atoms with Crippen LogP contribution >= 0.6 is 0 Å². The van der Waals surface area contributed by atoms with Crippen LogP contribution in [0.1, 0.15) is 46.5 Å². The van der Waals surface area contributed by atoms with Crippen LogP contribution in [0.15, 0.2) is 0 Å². The topological polar surface area (TPSA) is 29.5 Å². The summed E-state index contributed by atoms with van der Waals surface area (Å²) in [6.45, 7) is 6.14. The smallest absolute Gasteiger partial charge is 0.411 e. The summed E-state index contributed by atoms with van der Waals surface area (Å²) in [6.07, 6.45) is 11.2. The molecule has 1 unspecified atom stereocenters. The number of hydrogen-bond donors (Lipinski definition) is 0. The molecule has 0 aromatic carbocycles. The molecule has 112 valence electrons. The van der Waals surface area contributed by atoms with Crippen molar-refractivity contribution in [3.63, 3.8) is 0 Å². The Kier molecular flexibility index (Phi) is 8.48. The summed E-state index contributed by atoms with van der Waals surface area (Å²) >= 11 is 0. The molecule has 0 spiro atoms. The number of unbranched alkanes of at least 4 members (excludes halogenated alkanes) is 2. The zero-order chi connectivity index (χ0) is 15.6. The van der Waals surface area contributed by atoms with E-state index in [0.29, 0.717) is 19.4 Å². The highest BCUT2D eigenvalue weighted by molar-refractivity contribution is 5.68. The fraction of sp³-hybridized carbons (Fsp3) is 0.688. The molecule has 0 aromatic rings. The van der Waals surface area contributed by atoms with Crippen LogP contribution in [-0.4, -0.2) is 35.9 Å². The van der Waals surface area contributed by atoms with E-state index in [1.54, 1.807) is 20.8 Å². The zero-order valence-corrected chi connectivity index (χ0v) is 12.6. The largest absolute Gasteiger partial charge is 0.444 e. The number of terminal acetylenes is 2. The van der Waals surface area contributed by atoms with Crippen LogP contribution in [-0.2, 0) is 4.74 Å². The summed E-state index contributed by atoms with van der Waals surface area (Å²) in [7, 11) is 0. The SMILES string of the molecule is C#CCN(CCCCCC(F)C#C)C(=O)OC(C)(C)C. The van der Waals surface area contributed by atoms with Gasteiger partial charge in [-0.15, -0.1) is 12.8 Å². The number of alkyl halides is 1. The van der Waals surface area contributed by atoms with Gasteiger partial charge in [-0.3, -0.25) is 4.90 Å². The Labute approximate surface area is 121 Å². The lowest BCUT2D eigenvalue weighted by atomic mass is 10.1. The van der Waals surface area contributed by atoms with Gasteiger partial charge in [0.25, 0.3) is 0 Å². The summed E-state index contributed by atoms with van der Waals surface area (Å²) in [6, 6.07) is 0. The van der Waals surface area contributed by atoms with Gasteiger partial charge in [-0.1, -0.05) is 18.3 Å². The van der Waals surface area contributed by atoms with E-state index in [1.165, 1.54) is 4.90 Å². The van der Waals surface area contributed by atoms with Gasteiger partial charge >= 0.3 is 6.09 Å². The van der Waals surface area contributed by atoms with Crippen molar-refractivity contribution in [2.75, 3.05) is 13.1 Å². The van der Waals surface area contributed by atoms with Crippen molar-refractivity contribution in [3.05, 3.63) is 0 Å². The predicted octanol–water partition coefficient (Wildman–Crippen LogP) is 3.39. The molecule has 0 aliphatic heterocycles. The maximum absolute atomic E-state index is 12.8. The average Bonchev–Trinajstić information content (AvgIpc) is 2.34. The lowest BCUT2D eigenvalue weighted by molar-refractivity contribution is 0.0272. The first-order valence-corrected chi connectivity index (χ1v) is 6.81. The highest BCUT2D eigenvalue weighted by atomic mass is 19.1. The average molecular weight is 281 g/mol. The van der Waals surface area contributed by atoms with Crippen LogP contribution in [0.4, 0.5) is 9.18 Å². The van der Waals surface area contributed by atoms with E-state index in [2.05, 4.69) is 11.8 Å². The molecule has 1 amide bonds. The molecule has 0 aliphatic rings. The molecule has 0 radical (unpaired) electrons. The van der Waals surface area contributed by atoms with Gasteiger partial charge in [0, 0.05) is 6.54 Å². The van der Waals surface area contributed by atoms with Gasteiger partial charge in [-0.2, -0.15) is 0 Å². The molecule has 0 N–H and O–H groups in total. The van der Waals surface area contributed by atoms with E-state index in [-0.39, 0.29) is 6.54 Å². The zero-order valence-electron chi connectivity index (χ0n) is 12.6. The van der Waals surface area contributed by atoms with E-state index < -0.39 is 17.9 Å². The highest BCUT2D eigenvalue weighted by Gasteiger charge is 2.21. The number of ether oxygens (including phenoxy) is 1. The van der Waals surface area contributed by atoms with Crippen molar-refractivity contribution in [3.8, 4) is 24.7 Å². The molecular weight excluding hydrogens is 257 g/mol. The summed E-state index contributed by atoms with van der Waals surface area (Å²) in [4.78, 5) is 13.4. The van der Waals surface area contributed by atoms with Crippen LogP contribution in [0.25, 0.3) is 0 Å². The lowest BCUT2D eigenvalue weighted by Crippen LogP contribution is -2.37. The Balaban J connectivity index is 4.07.